The Kier molecular flexibility index (Phi) is 6.07. The van der Waals surface area contributed by atoms with E-state index in [1.165, 1.54) is 11.4 Å². The van der Waals surface area contributed by atoms with Gasteiger partial charge in [0.2, 0.25) is 11.4 Å². The van der Waals surface area contributed by atoms with E-state index in [1.807, 2.05) is 19.9 Å². The Hall–Kier alpha value is -6.02. The molecule has 4 aromatic carbocycles. The number of aromatic nitrogens is 2. The molecule has 0 aliphatic carbocycles. The Labute approximate surface area is 289 Å². The van der Waals surface area contributed by atoms with Crippen LogP contribution in [0.5, 0.6) is 0 Å². The van der Waals surface area contributed by atoms with Gasteiger partial charge in [-0.15, -0.1) is 0 Å². The predicted molar refractivity (Wildman–Crippen MR) is 203 cm³/mol. The zero-order valence-electron chi connectivity index (χ0n) is 28.7. The fourth-order valence-corrected chi connectivity index (χ4v) is 8.24. The van der Waals surface area contributed by atoms with E-state index in [9.17, 15) is 0 Å². The summed E-state index contributed by atoms with van der Waals surface area (Å²) in [5.74, 6) is 0. The maximum Gasteiger partial charge on any atom is 0.227 e. The molecular formula is C42H36N6O2. The molecule has 10 rings (SSSR count). The van der Waals surface area contributed by atoms with Crippen LogP contribution in [0.4, 0.5) is 34.1 Å². The van der Waals surface area contributed by atoms with Crippen molar-refractivity contribution < 1.29 is 8.83 Å². The van der Waals surface area contributed by atoms with Crippen LogP contribution >= 0.6 is 0 Å². The van der Waals surface area contributed by atoms with Gasteiger partial charge in [-0.1, -0.05) is 48.5 Å². The molecule has 6 heterocycles. The Morgan fingerprint density at radius 1 is 0.500 bits per heavy atom. The molecule has 0 saturated carbocycles. The van der Waals surface area contributed by atoms with Gasteiger partial charge in [-0.05, 0) is 94.8 Å². The minimum Gasteiger partial charge on any atom is -0.435 e. The van der Waals surface area contributed by atoms with Crippen molar-refractivity contribution >= 4 is 78.3 Å². The molecule has 2 atom stereocenters. The number of hydrogen-bond donors (Lipinski definition) is 0. The molecule has 0 saturated heterocycles. The highest BCUT2D eigenvalue weighted by Crippen LogP contribution is 2.51. The Bertz CT molecular complexity index is 2660. The van der Waals surface area contributed by atoms with Gasteiger partial charge in [0.15, 0.2) is 11.2 Å². The molecule has 8 heteroatoms. The zero-order valence-corrected chi connectivity index (χ0v) is 28.7. The number of aryl methyl sites for hydroxylation is 3. The fraction of sp³-hybridized carbons (Fsp3) is 0.190. The molecule has 8 aromatic rings. The van der Waals surface area contributed by atoms with Crippen LogP contribution in [0.2, 0.25) is 0 Å². The van der Waals surface area contributed by atoms with E-state index in [1.54, 1.807) is 0 Å². The second-order valence-electron chi connectivity index (χ2n) is 13.6. The highest BCUT2D eigenvalue weighted by atomic mass is 16.3. The summed E-state index contributed by atoms with van der Waals surface area (Å²) in [6.45, 7) is 11.4. The molecular weight excluding hydrogens is 621 g/mol. The van der Waals surface area contributed by atoms with Crippen molar-refractivity contribution in [2.24, 2.45) is 0 Å². The molecule has 0 bridgehead atoms. The molecule has 0 spiro atoms. The Morgan fingerprint density at radius 3 is 1.64 bits per heavy atom. The molecule has 0 amide bonds. The number of benzene rings is 4. The first-order valence-electron chi connectivity index (χ1n) is 17.3. The van der Waals surface area contributed by atoms with Gasteiger partial charge in [0.05, 0.1) is 40.8 Å². The van der Waals surface area contributed by atoms with Gasteiger partial charge in [0.25, 0.3) is 0 Å². The maximum atomic E-state index is 6.58. The largest absolute Gasteiger partial charge is 0.435 e. The van der Waals surface area contributed by atoms with Crippen LogP contribution < -0.4 is 19.6 Å². The highest BCUT2D eigenvalue weighted by Gasteiger charge is 2.41. The summed E-state index contributed by atoms with van der Waals surface area (Å²) in [5, 5.41) is 4.23. The quantitative estimate of drug-likeness (QED) is 0.185. The van der Waals surface area contributed by atoms with Gasteiger partial charge in [0, 0.05) is 32.9 Å². The molecule has 8 nitrogen and oxygen atoms in total. The summed E-state index contributed by atoms with van der Waals surface area (Å²) in [5.41, 5.74) is 12.9. The van der Waals surface area contributed by atoms with E-state index in [0.29, 0.717) is 18.1 Å². The van der Waals surface area contributed by atoms with Crippen molar-refractivity contribution in [3.05, 3.63) is 120 Å². The Balaban J connectivity index is 1.07. The van der Waals surface area contributed by atoms with Crippen molar-refractivity contribution in [3.8, 4) is 0 Å². The number of furan rings is 2. The van der Waals surface area contributed by atoms with Gasteiger partial charge in [-0.3, -0.25) is 0 Å². The summed E-state index contributed by atoms with van der Waals surface area (Å²) in [6.07, 6.45) is 0.00492. The number of nitrogens with zero attached hydrogens (tertiary/aromatic N) is 6. The molecule has 0 N–H and O–H groups in total. The van der Waals surface area contributed by atoms with Crippen LogP contribution in [0, 0.1) is 20.8 Å². The van der Waals surface area contributed by atoms with E-state index >= 15 is 0 Å². The second kappa shape index (κ2) is 10.5. The highest BCUT2D eigenvalue weighted by molar-refractivity contribution is 6.11. The van der Waals surface area contributed by atoms with E-state index in [2.05, 4.69) is 137 Å². The summed E-state index contributed by atoms with van der Waals surface area (Å²) in [7, 11) is 0. The third kappa shape index (κ3) is 3.99. The van der Waals surface area contributed by atoms with Crippen LogP contribution in [0.15, 0.2) is 112 Å². The molecule has 2 aliphatic heterocycles. The number of fused-ring (bicyclic) bond motifs is 8. The normalized spacial score (nSPS) is 17.2. The fourth-order valence-electron chi connectivity index (χ4n) is 8.24. The molecule has 0 unspecified atom stereocenters. The van der Waals surface area contributed by atoms with Crippen LogP contribution in [0.1, 0.15) is 30.8 Å². The maximum absolute atomic E-state index is 6.58. The van der Waals surface area contributed by atoms with Crippen LogP contribution in [0.25, 0.3) is 44.1 Å². The summed E-state index contributed by atoms with van der Waals surface area (Å²) in [6, 6.07) is 36.5. The Morgan fingerprint density at radius 2 is 1.00 bits per heavy atom. The summed E-state index contributed by atoms with van der Waals surface area (Å²) >= 11 is 0. The smallest absolute Gasteiger partial charge is 0.227 e. The van der Waals surface area contributed by atoms with Crippen LogP contribution in [0.3, 0.4) is 0 Å². The average molecular weight is 657 g/mol. The van der Waals surface area contributed by atoms with E-state index in [4.69, 9.17) is 18.8 Å². The van der Waals surface area contributed by atoms with Gasteiger partial charge >= 0.3 is 0 Å². The predicted octanol–water partition coefficient (Wildman–Crippen LogP) is 10.5. The molecule has 246 valence electrons. The molecule has 50 heavy (non-hydrogen) atoms. The van der Waals surface area contributed by atoms with Gasteiger partial charge in [0.1, 0.15) is 12.3 Å². The van der Waals surface area contributed by atoms with Crippen LogP contribution in [-0.2, 0) is 0 Å². The monoisotopic (exact) mass is 656 g/mol. The lowest BCUT2D eigenvalue weighted by atomic mass is 10.1. The number of anilines is 6. The number of para-hydroxylation sites is 5. The summed E-state index contributed by atoms with van der Waals surface area (Å²) in [4.78, 5) is 19.3. The first kappa shape index (κ1) is 28.9. The second-order valence-corrected chi connectivity index (χ2v) is 13.6. The van der Waals surface area contributed by atoms with Crippen molar-refractivity contribution in [2.45, 2.75) is 47.0 Å². The van der Waals surface area contributed by atoms with Crippen molar-refractivity contribution in [3.63, 3.8) is 0 Å². The topological polar surface area (TPSA) is 65.0 Å². The first-order valence-corrected chi connectivity index (χ1v) is 17.3. The molecule has 4 aromatic heterocycles. The van der Waals surface area contributed by atoms with E-state index in [0.717, 1.165) is 72.4 Å². The van der Waals surface area contributed by atoms with Crippen LogP contribution in [-0.4, -0.2) is 29.0 Å². The van der Waals surface area contributed by atoms with Gasteiger partial charge in [-0.25, -0.2) is 9.97 Å². The third-order valence-electron chi connectivity index (χ3n) is 10.7. The molecule has 0 radical (unpaired) electrons. The third-order valence-corrected chi connectivity index (χ3v) is 10.7. The summed E-state index contributed by atoms with van der Waals surface area (Å²) < 4.78 is 13.1. The minimum atomic E-state index is 0.00105. The van der Waals surface area contributed by atoms with Crippen molar-refractivity contribution in [1.82, 2.24) is 9.97 Å². The molecule has 0 fully saturated rings. The van der Waals surface area contributed by atoms with E-state index in [-0.39, 0.29) is 12.3 Å². The number of hydrogen-bond acceptors (Lipinski definition) is 8. The number of rotatable bonds is 4. The average Bonchev–Trinajstić information content (AvgIpc) is 3.83. The zero-order chi connectivity index (χ0) is 33.8. The lowest BCUT2D eigenvalue weighted by Gasteiger charge is -2.37. The van der Waals surface area contributed by atoms with Gasteiger partial charge < -0.3 is 28.4 Å². The van der Waals surface area contributed by atoms with E-state index < -0.39 is 0 Å². The van der Waals surface area contributed by atoms with Crippen molar-refractivity contribution in [1.29, 1.82) is 0 Å². The lowest BCUT2D eigenvalue weighted by molar-refractivity contribution is 0.601. The first-order chi connectivity index (χ1) is 24.4. The SMILES string of the molecule is Cc1ccc2c(n1)oc1c(N3c4ccccc4N(CN4c5ccccc5N(c5c(C)ccc6c5oc5nc(C)ccc56)[C@H]4C)[C@H]3C)cccc12. The van der Waals surface area contributed by atoms with Crippen molar-refractivity contribution in [2.75, 3.05) is 26.3 Å². The minimum absolute atomic E-state index is 0.00105. The standard InChI is InChI=1S/C42H36N6O2/c1-24-17-20-30-32-22-19-26(3)44-42(32)50-40(30)38(24)48-28(5)46(34-13-7-9-15-36(34)48)23-45-27(4)47(35-14-8-6-12-33(35)45)37-16-10-11-29-31-21-18-25(2)43-41(31)49-39(29)37/h6-22,27-28H,23H2,1-5H3/t27-,28+/m1/s1. The van der Waals surface area contributed by atoms with Gasteiger partial charge in [-0.2, -0.15) is 0 Å². The molecule has 2 aliphatic rings. The lowest BCUT2D eigenvalue weighted by Crippen LogP contribution is -2.49. The number of pyridine rings is 2.